The monoisotopic (exact) mass is 542 g/mol. The fourth-order valence-corrected chi connectivity index (χ4v) is 6.27. The Morgan fingerprint density at radius 2 is 1.89 bits per heavy atom. The number of amides is 1. The summed E-state index contributed by atoms with van der Waals surface area (Å²) in [5, 5.41) is 11.5. The zero-order valence-corrected chi connectivity index (χ0v) is 22.4. The molecular formula is C31H24Cl2N2O3. The molecule has 0 bridgehead atoms. The molecular weight excluding hydrogens is 519 g/mol. The SMILES string of the molecule is CCCCN1C(=O)C2(C(C#N)=CC3=C2c2cc(Cl)ccc2OC3c2cccc(OC)c2)c2cc(Cl)ccc21. The Labute approximate surface area is 231 Å². The molecule has 1 amide bonds. The van der Waals surface area contributed by atoms with Gasteiger partial charge in [0.1, 0.15) is 23.0 Å². The molecule has 0 radical (unpaired) electrons. The molecule has 1 aliphatic carbocycles. The van der Waals surface area contributed by atoms with Gasteiger partial charge in [0.15, 0.2) is 0 Å². The van der Waals surface area contributed by atoms with E-state index in [0.29, 0.717) is 44.8 Å². The fourth-order valence-electron chi connectivity index (χ4n) is 5.92. The van der Waals surface area contributed by atoms with Crippen molar-refractivity contribution in [2.45, 2.75) is 31.3 Å². The first kappa shape index (κ1) is 24.6. The number of nitriles is 1. The van der Waals surface area contributed by atoms with Crippen LogP contribution in [0.2, 0.25) is 10.0 Å². The van der Waals surface area contributed by atoms with E-state index in [1.165, 1.54) is 0 Å². The molecule has 3 aromatic rings. The molecule has 2 unspecified atom stereocenters. The maximum atomic E-state index is 14.6. The Morgan fingerprint density at radius 1 is 1.11 bits per heavy atom. The maximum absolute atomic E-state index is 14.6. The van der Waals surface area contributed by atoms with Crippen molar-refractivity contribution in [3.05, 3.63) is 105 Å². The van der Waals surface area contributed by atoms with E-state index in [4.69, 9.17) is 32.7 Å². The fraction of sp³-hybridized carbons (Fsp3) is 0.226. The van der Waals surface area contributed by atoms with Gasteiger partial charge in [-0.2, -0.15) is 5.26 Å². The first-order valence-electron chi connectivity index (χ1n) is 12.5. The van der Waals surface area contributed by atoms with Crippen molar-refractivity contribution in [3.8, 4) is 17.6 Å². The minimum atomic E-state index is -1.35. The number of ether oxygens (including phenoxy) is 2. The summed E-state index contributed by atoms with van der Waals surface area (Å²) in [4.78, 5) is 16.4. The number of carbonyl (C=O) groups is 1. The number of nitrogens with zero attached hydrogens (tertiary/aromatic N) is 2. The van der Waals surface area contributed by atoms with E-state index in [-0.39, 0.29) is 5.91 Å². The third kappa shape index (κ3) is 3.41. The lowest BCUT2D eigenvalue weighted by Gasteiger charge is -2.35. The van der Waals surface area contributed by atoms with E-state index in [2.05, 4.69) is 13.0 Å². The van der Waals surface area contributed by atoms with Crippen molar-refractivity contribution < 1.29 is 14.3 Å². The molecule has 0 aromatic heterocycles. The molecule has 0 N–H and O–H groups in total. The van der Waals surface area contributed by atoms with E-state index in [9.17, 15) is 10.1 Å². The summed E-state index contributed by atoms with van der Waals surface area (Å²) in [6.45, 7) is 2.64. The Balaban J connectivity index is 1.68. The molecule has 3 aliphatic rings. The van der Waals surface area contributed by atoms with Gasteiger partial charge in [0.2, 0.25) is 5.91 Å². The highest BCUT2D eigenvalue weighted by molar-refractivity contribution is 6.32. The van der Waals surface area contributed by atoms with Crippen molar-refractivity contribution in [2.24, 2.45) is 0 Å². The summed E-state index contributed by atoms with van der Waals surface area (Å²) in [5.74, 6) is 1.13. The minimum Gasteiger partial charge on any atom is -0.497 e. The normalized spacial score (nSPS) is 21.0. The van der Waals surface area contributed by atoms with Crippen LogP contribution in [0.4, 0.5) is 5.69 Å². The van der Waals surface area contributed by atoms with Crippen molar-refractivity contribution >= 4 is 40.4 Å². The Kier molecular flexibility index (Phi) is 5.98. The Morgan fingerprint density at radius 3 is 2.66 bits per heavy atom. The molecule has 1 spiro atoms. The van der Waals surface area contributed by atoms with Crippen LogP contribution in [0.1, 0.15) is 42.6 Å². The zero-order valence-electron chi connectivity index (χ0n) is 20.9. The molecule has 5 nitrogen and oxygen atoms in total. The lowest BCUT2D eigenvalue weighted by Crippen LogP contribution is -2.42. The summed E-state index contributed by atoms with van der Waals surface area (Å²) in [5.41, 5.74) is 3.50. The van der Waals surface area contributed by atoms with Crippen LogP contribution >= 0.6 is 23.2 Å². The van der Waals surface area contributed by atoms with E-state index in [1.54, 1.807) is 24.1 Å². The van der Waals surface area contributed by atoms with Gasteiger partial charge in [-0.3, -0.25) is 4.79 Å². The van der Waals surface area contributed by atoms with E-state index >= 15 is 0 Å². The van der Waals surface area contributed by atoms with Crippen molar-refractivity contribution in [1.29, 1.82) is 5.26 Å². The van der Waals surface area contributed by atoms with Crippen LogP contribution in [0.5, 0.6) is 11.5 Å². The van der Waals surface area contributed by atoms with Crippen LogP contribution < -0.4 is 14.4 Å². The number of hydrogen-bond acceptors (Lipinski definition) is 4. The van der Waals surface area contributed by atoms with Crippen LogP contribution in [-0.4, -0.2) is 19.6 Å². The van der Waals surface area contributed by atoms with Gasteiger partial charge >= 0.3 is 0 Å². The number of halogens is 2. The quantitative estimate of drug-likeness (QED) is 0.336. The number of methoxy groups -OCH3 is 1. The molecule has 0 saturated carbocycles. The van der Waals surface area contributed by atoms with Crippen molar-refractivity contribution in [1.82, 2.24) is 0 Å². The summed E-state index contributed by atoms with van der Waals surface area (Å²) >= 11 is 13.0. The number of rotatable bonds is 5. The van der Waals surface area contributed by atoms with Gasteiger partial charge in [-0.25, -0.2) is 0 Å². The van der Waals surface area contributed by atoms with E-state index in [1.807, 2.05) is 54.6 Å². The van der Waals surface area contributed by atoms with Crippen LogP contribution in [-0.2, 0) is 10.2 Å². The zero-order chi connectivity index (χ0) is 26.6. The lowest BCUT2D eigenvalue weighted by atomic mass is 9.69. The van der Waals surface area contributed by atoms with Gasteiger partial charge in [0.05, 0.1) is 18.8 Å². The largest absolute Gasteiger partial charge is 0.497 e. The first-order valence-corrected chi connectivity index (χ1v) is 13.3. The third-order valence-electron chi connectivity index (χ3n) is 7.58. The smallest absolute Gasteiger partial charge is 0.247 e. The molecule has 2 aliphatic heterocycles. The number of hydrogen-bond donors (Lipinski definition) is 0. The summed E-state index contributed by atoms with van der Waals surface area (Å²) in [6.07, 6.45) is 3.02. The molecule has 3 aromatic carbocycles. The average molecular weight is 543 g/mol. The molecule has 2 atom stereocenters. The molecule has 7 heteroatoms. The van der Waals surface area contributed by atoms with Crippen molar-refractivity contribution in [3.63, 3.8) is 0 Å². The predicted molar refractivity (Wildman–Crippen MR) is 149 cm³/mol. The average Bonchev–Trinajstić information content (AvgIpc) is 3.40. The number of unbranched alkanes of at least 4 members (excludes halogenated alkanes) is 1. The second-order valence-corrected chi connectivity index (χ2v) is 10.5. The summed E-state index contributed by atoms with van der Waals surface area (Å²) < 4.78 is 12.0. The second-order valence-electron chi connectivity index (χ2n) is 9.64. The van der Waals surface area contributed by atoms with Crippen LogP contribution in [0, 0.1) is 11.3 Å². The van der Waals surface area contributed by atoms with Crippen LogP contribution in [0.15, 0.2) is 77.9 Å². The third-order valence-corrected chi connectivity index (χ3v) is 8.05. The standard InChI is InChI=1S/C31H24Cl2N2O3/c1-3-4-12-35-26-10-8-21(33)16-25(26)31(30(35)36)19(17-34)14-24-28(31)23-15-20(32)9-11-27(23)38-29(24)18-6-5-7-22(13-18)37-2/h5-11,13-16,29H,3-4,12H2,1-2H3. The van der Waals surface area contributed by atoms with E-state index in [0.717, 1.165) is 35.2 Å². The highest BCUT2D eigenvalue weighted by Gasteiger charge is 2.61. The number of fused-ring (bicyclic) bond motifs is 5. The molecule has 6 rings (SSSR count). The number of anilines is 1. The minimum absolute atomic E-state index is 0.154. The number of benzene rings is 3. The van der Waals surface area contributed by atoms with Crippen LogP contribution in [0.3, 0.4) is 0 Å². The highest BCUT2D eigenvalue weighted by atomic mass is 35.5. The maximum Gasteiger partial charge on any atom is 0.247 e. The Bertz CT molecular complexity index is 1600. The van der Waals surface area contributed by atoms with E-state index < -0.39 is 11.5 Å². The summed E-state index contributed by atoms with van der Waals surface area (Å²) in [6, 6.07) is 20.9. The Hall–Kier alpha value is -3.72. The van der Waals surface area contributed by atoms with Gasteiger partial charge in [-0.15, -0.1) is 0 Å². The lowest BCUT2D eigenvalue weighted by molar-refractivity contribution is -0.120. The molecule has 0 saturated heterocycles. The summed E-state index contributed by atoms with van der Waals surface area (Å²) in [7, 11) is 1.61. The van der Waals surface area contributed by atoms with Gasteiger partial charge in [-0.05, 0) is 66.6 Å². The number of carbonyl (C=O) groups excluding carboxylic acids is 1. The van der Waals surface area contributed by atoms with Gasteiger partial charge in [-0.1, -0.05) is 48.7 Å². The first-order chi connectivity index (χ1) is 18.4. The molecule has 190 valence electrons. The molecule has 38 heavy (non-hydrogen) atoms. The van der Waals surface area contributed by atoms with Crippen LogP contribution in [0.25, 0.3) is 5.57 Å². The predicted octanol–water partition coefficient (Wildman–Crippen LogP) is 7.44. The van der Waals surface area contributed by atoms with Crippen molar-refractivity contribution in [2.75, 3.05) is 18.6 Å². The van der Waals surface area contributed by atoms with Gasteiger partial charge in [0.25, 0.3) is 0 Å². The van der Waals surface area contributed by atoms with Gasteiger partial charge < -0.3 is 14.4 Å². The second kappa shape index (κ2) is 9.23. The van der Waals surface area contributed by atoms with Gasteiger partial charge in [0, 0.05) is 44.5 Å². The topological polar surface area (TPSA) is 62.6 Å². The molecule has 0 fully saturated rings. The molecule has 2 heterocycles. The highest BCUT2D eigenvalue weighted by Crippen LogP contribution is 2.62.